The molecule has 4 rings (SSSR count). The predicted octanol–water partition coefficient (Wildman–Crippen LogP) is 2.70. The molecule has 2 unspecified atom stereocenters. The topological polar surface area (TPSA) is 42.0 Å². The van der Waals surface area contributed by atoms with E-state index in [9.17, 15) is 9.18 Å². The van der Waals surface area contributed by atoms with E-state index in [1.165, 1.54) is 12.1 Å². The number of carbonyl (C=O) groups excluding carboxylic acids is 1. The van der Waals surface area contributed by atoms with Gasteiger partial charge in [0.1, 0.15) is 12.4 Å². The van der Waals surface area contributed by atoms with Crippen LogP contribution in [0.15, 0.2) is 48.5 Å². The van der Waals surface area contributed by atoms with Crippen molar-refractivity contribution in [2.45, 2.75) is 25.6 Å². The fourth-order valence-electron chi connectivity index (χ4n) is 3.68. The summed E-state index contributed by atoms with van der Waals surface area (Å²) in [6, 6.07) is 14.1. The molecule has 2 aromatic carbocycles. The summed E-state index contributed by atoms with van der Waals surface area (Å²) in [5.41, 5.74) is 1.07. The van der Waals surface area contributed by atoms with Gasteiger partial charge >= 0.3 is 0 Å². The van der Waals surface area contributed by atoms with E-state index >= 15 is 0 Å². The Bertz CT molecular complexity index is 811. The zero-order valence-corrected chi connectivity index (χ0v) is 15.3. The standard InChI is InChI=1S/C21H23FN2O3/c1-15-12-23(13-16-6-8-17(22)9-7-16)10-11-24(15)21(25)20-14-26-18-4-2-3-5-19(18)27-20/h2-9,15,20H,10-14H2,1H3. The molecule has 0 aromatic heterocycles. The average Bonchev–Trinajstić information content (AvgIpc) is 2.69. The largest absolute Gasteiger partial charge is 0.485 e. The molecule has 0 aliphatic carbocycles. The number of fused-ring (bicyclic) bond motifs is 1. The average molecular weight is 370 g/mol. The second kappa shape index (κ2) is 7.56. The number of para-hydroxylation sites is 2. The Kier molecular flexibility index (Phi) is 4.99. The first-order chi connectivity index (χ1) is 13.1. The van der Waals surface area contributed by atoms with E-state index in [4.69, 9.17) is 9.47 Å². The number of piperazine rings is 1. The van der Waals surface area contributed by atoms with Gasteiger partial charge in [-0.1, -0.05) is 24.3 Å². The number of hydrogen-bond donors (Lipinski definition) is 0. The summed E-state index contributed by atoms with van der Waals surface area (Å²) in [6.07, 6.45) is -0.606. The van der Waals surface area contributed by atoms with E-state index in [1.807, 2.05) is 48.2 Å². The number of amides is 1. The number of nitrogens with zero attached hydrogens (tertiary/aromatic N) is 2. The second-order valence-electron chi connectivity index (χ2n) is 7.11. The minimum Gasteiger partial charge on any atom is -0.485 e. The van der Waals surface area contributed by atoms with Crippen LogP contribution in [0, 0.1) is 5.82 Å². The number of benzene rings is 2. The van der Waals surface area contributed by atoms with E-state index in [1.54, 1.807) is 0 Å². The Hall–Kier alpha value is -2.60. The number of rotatable bonds is 3. The maximum absolute atomic E-state index is 13.1. The molecule has 0 saturated carbocycles. The summed E-state index contributed by atoms with van der Waals surface area (Å²) in [4.78, 5) is 17.1. The van der Waals surface area contributed by atoms with Crippen LogP contribution in [-0.4, -0.2) is 54.1 Å². The summed E-state index contributed by atoms with van der Waals surface area (Å²) in [7, 11) is 0. The van der Waals surface area contributed by atoms with Gasteiger partial charge in [0.15, 0.2) is 11.5 Å². The van der Waals surface area contributed by atoms with Gasteiger partial charge in [-0.15, -0.1) is 0 Å². The molecule has 0 bridgehead atoms. The van der Waals surface area contributed by atoms with E-state index in [0.29, 0.717) is 18.0 Å². The fourth-order valence-corrected chi connectivity index (χ4v) is 3.68. The lowest BCUT2D eigenvalue weighted by atomic mass is 10.1. The third-order valence-corrected chi connectivity index (χ3v) is 5.10. The van der Waals surface area contributed by atoms with E-state index < -0.39 is 6.10 Å². The molecule has 2 aliphatic heterocycles. The van der Waals surface area contributed by atoms with Crippen molar-refractivity contribution in [1.82, 2.24) is 9.80 Å². The quantitative estimate of drug-likeness (QED) is 0.833. The summed E-state index contributed by atoms with van der Waals surface area (Å²) in [6.45, 7) is 5.22. The minimum atomic E-state index is -0.606. The van der Waals surface area contributed by atoms with Gasteiger partial charge in [0.25, 0.3) is 5.91 Å². The summed E-state index contributed by atoms with van der Waals surface area (Å²) in [5, 5.41) is 0. The van der Waals surface area contributed by atoms with Gasteiger partial charge in [0, 0.05) is 32.2 Å². The van der Waals surface area contributed by atoms with Crippen LogP contribution in [0.4, 0.5) is 4.39 Å². The highest BCUT2D eigenvalue weighted by Crippen LogP contribution is 2.31. The predicted molar refractivity (Wildman–Crippen MR) is 99.2 cm³/mol. The molecular formula is C21H23FN2O3. The molecule has 2 heterocycles. The summed E-state index contributed by atoms with van der Waals surface area (Å²) >= 11 is 0. The lowest BCUT2D eigenvalue weighted by Gasteiger charge is -2.41. The molecule has 0 N–H and O–H groups in total. The van der Waals surface area contributed by atoms with Gasteiger partial charge in [0.05, 0.1) is 0 Å². The number of carbonyl (C=O) groups is 1. The first kappa shape index (κ1) is 17.8. The van der Waals surface area contributed by atoms with Crippen LogP contribution in [0.3, 0.4) is 0 Å². The van der Waals surface area contributed by atoms with Gasteiger partial charge in [-0.05, 0) is 36.8 Å². The van der Waals surface area contributed by atoms with Crippen molar-refractivity contribution >= 4 is 5.91 Å². The van der Waals surface area contributed by atoms with Crippen molar-refractivity contribution in [3.8, 4) is 11.5 Å². The molecule has 2 aromatic rings. The van der Waals surface area contributed by atoms with Gasteiger partial charge in [0.2, 0.25) is 6.10 Å². The molecule has 0 spiro atoms. The normalized spacial score (nSPS) is 22.5. The Morgan fingerprint density at radius 3 is 2.59 bits per heavy atom. The third-order valence-electron chi connectivity index (χ3n) is 5.10. The molecular weight excluding hydrogens is 347 g/mol. The maximum Gasteiger partial charge on any atom is 0.267 e. The first-order valence-corrected chi connectivity index (χ1v) is 9.26. The van der Waals surface area contributed by atoms with Crippen LogP contribution < -0.4 is 9.47 Å². The van der Waals surface area contributed by atoms with Crippen molar-refractivity contribution < 1.29 is 18.7 Å². The third kappa shape index (κ3) is 3.90. The number of hydrogen-bond acceptors (Lipinski definition) is 4. The van der Waals surface area contributed by atoms with Crippen LogP contribution in [0.1, 0.15) is 12.5 Å². The molecule has 1 saturated heterocycles. The lowest BCUT2D eigenvalue weighted by Crippen LogP contribution is -2.57. The molecule has 27 heavy (non-hydrogen) atoms. The van der Waals surface area contributed by atoms with Gasteiger partial charge < -0.3 is 14.4 Å². The molecule has 2 aliphatic rings. The van der Waals surface area contributed by atoms with E-state index in [0.717, 1.165) is 25.2 Å². The summed E-state index contributed by atoms with van der Waals surface area (Å²) in [5.74, 6) is 1.04. The smallest absolute Gasteiger partial charge is 0.267 e. The van der Waals surface area contributed by atoms with Crippen LogP contribution in [0.25, 0.3) is 0 Å². The van der Waals surface area contributed by atoms with Crippen LogP contribution in [0.2, 0.25) is 0 Å². The molecule has 1 fully saturated rings. The molecule has 2 atom stereocenters. The van der Waals surface area contributed by atoms with Crippen LogP contribution in [-0.2, 0) is 11.3 Å². The Morgan fingerprint density at radius 2 is 1.85 bits per heavy atom. The molecule has 142 valence electrons. The summed E-state index contributed by atoms with van der Waals surface area (Å²) < 4.78 is 24.6. The van der Waals surface area contributed by atoms with Crippen molar-refractivity contribution in [2.24, 2.45) is 0 Å². The zero-order valence-electron chi connectivity index (χ0n) is 15.3. The van der Waals surface area contributed by atoms with Crippen molar-refractivity contribution in [3.63, 3.8) is 0 Å². The second-order valence-corrected chi connectivity index (χ2v) is 7.11. The highest BCUT2D eigenvalue weighted by molar-refractivity contribution is 5.82. The molecule has 6 heteroatoms. The van der Waals surface area contributed by atoms with Gasteiger partial charge in [-0.2, -0.15) is 0 Å². The first-order valence-electron chi connectivity index (χ1n) is 9.26. The van der Waals surface area contributed by atoms with Crippen LogP contribution >= 0.6 is 0 Å². The van der Waals surface area contributed by atoms with Crippen molar-refractivity contribution in [1.29, 1.82) is 0 Å². The monoisotopic (exact) mass is 370 g/mol. The molecule has 0 radical (unpaired) electrons. The Balaban J connectivity index is 1.35. The molecule has 5 nitrogen and oxygen atoms in total. The number of ether oxygens (including phenoxy) is 2. The zero-order chi connectivity index (χ0) is 18.8. The minimum absolute atomic E-state index is 0.0292. The van der Waals surface area contributed by atoms with Crippen LogP contribution in [0.5, 0.6) is 11.5 Å². The SMILES string of the molecule is CC1CN(Cc2ccc(F)cc2)CCN1C(=O)C1COc2ccccc2O1. The fraction of sp³-hybridized carbons (Fsp3) is 0.381. The van der Waals surface area contributed by atoms with Gasteiger partial charge in [-0.3, -0.25) is 9.69 Å². The highest BCUT2D eigenvalue weighted by atomic mass is 19.1. The Morgan fingerprint density at radius 1 is 1.11 bits per heavy atom. The highest BCUT2D eigenvalue weighted by Gasteiger charge is 2.35. The number of halogens is 1. The van der Waals surface area contributed by atoms with E-state index in [-0.39, 0.29) is 24.4 Å². The van der Waals surface area contributed by atoms with E-state index in [2.05, 4.69) is 4.90 Å². The van der Waals surface area contributed by atoms with Crippen molar-refractivity contribution in [3.05, 3.63) is 59.9 Å². The maximum atomic E-state index is 13.1. The van der Waals surface area contributed by atoms with Crippen molar-refractivity contribution in [2.75, 3.05) is 26.2 Å². The Labute approximate surface area is 158 Å². The molecule has 1 amide bonds. The lowest BCUT2D eigenvalue weighted by molar-refractivity contribution is -0.145. The van der Waals surface area contributed by atoms with Gasteiger partial charge in [-0.25, -0.2) is 4.39 Å².